The second-order valence-electron chi connectivity index (χ2n) is 3.85. The summed E-state index contributed by atoms with van der Waals surface area (Å²) in [6, 6.07) is 0. The van der Waals surface area contributed by atoms with Gasteiger partial charge in [0.2, 0.25) is 5.91 Å². The smallest absolute Gasteiger partial charge is 0.309 e. The van der Waals surface area contributed by atoms with Crippen molar-refractivity contribution >= 4 is 28.3 Å². The fourth-order valence-electron chi connectivity index (χ4n) is 1.23. The van der Waals surface area contributed by atoms with Gasteiger partial charge in [-0.05, 0) is 13.3 Å². The number of methoxy groups -OCH3 is 1. The van der Waals surface area contributed by atoms with Gasteiger partial charge >= 0.3 is 5.97 Å². The summed E-state index contributed by atoms with van der Waals surface area (Å²) in [4.78, 5) is 26.0. The number of aliphatic carboxylic acids is 1. The molecule has 0 aliphatic rings. The van der Waals surface area contributed by atoms with Gasteiger partial charge in [0.25, 0.3) is 0 Å². The zero-order chi connectivity index (χ0) is 13.5. The Morgan fingerprint density at radius 2 is 2.33 bits per heavy atom. The zero-order valence-corrected chi connectivity index (χ0v) is 11.1. The molecule has 0 spiro atoms. The minimum atomic E-state index is -0.938. The third-order valence-electron chi connectivity index (χ3n) is 2.31. The van der Waals surface area contributed by atoms with Crippen molar-refractivity contribution in [1.29, 1.82) is 0 Å². The second-order valence-corrected chi connectivity index (χ2v) is 4.71. The second kappa shape index (κ2) is 7.07. The van der Waals surface area contributed by atoms with Crippen LogP contribution < -0.4 is 5.32 Å². The monoisotopic (exact) mass is 272 g/mol. The predicted octanol–water partition coefficient (Wildman–Crippen LogP) is 1.52. The van der Waals surface area contributed by atoms with Crippen LogP contribution in [0.3, 0.4) is 0 Å². The van der Waals surface area contributed by atoms with Gasteiger partial charge in [0.15, 0.2) is 5.13 Å². The average Bonchev–Trinajstić information content (AvgIpc) is 2.72. The molecule has 0 radical (unpaired) electrons. The van der Waals surface area contributed by atoms with Gasteiger partial charge in [0.05, 0.1) is 18.2 Å². The number of aromatic nitrogens is 1. The highest BCUT2D eigenvalue weighted by molar-refractivity contribution is 7.13. The maximum atomic E-state index is 11.5. The molecule has 1 rings (SSSR count). The summed E-state index contributed by atoms with van der Waals surface area (Å²) in [6.07, 6.45) is 0.889. The topological polar surface area (TPSA) is 88.5 Å². The van der Waals surface area contributed by atoms with Crippen molar-refractivity contribution < 1.29 is 19.4 Å². The Kier molecular flexibility index (Phi) is 5.73. The van der Waals surface area contributed by atoms with E-state index in [9.17, 15) is 9.59 Å². The van der Waals surface area contributed by atoms with Gasteiger partial charge in [-0.2, -0.15) is 0 Å². The van der Waals surface area contributed by atoms with Crippen LogP contribution in [0.1, 0.15) is 25.5 Å². The summed E-state index contributed by atoms with van der Waals surface area (Å²) in [7, 11) is 1.60. The Morgan fingerprint density at radius 1 is 1.61 bits per heavy atom. The maximum Gasteiger partial charge on any atom is 0.309 e. The van der Waals surface area contributed by atoms with E-state index in [4.69, 9.17) is 9.84 Å². The van der Waals surface area contributed by atoms with Crippen molar-refractivity contribution in [3.63, 3.8) is 0 Å². The van der Waals surface area contributed by atoms with E-state index in [1.54, 1.807) is 12.5 Å². The molecule has 1 unspecified atom stereocenters. The molecule has 1 atom stereocenters. The van der Waals surface area contributed by atoms with Crippen molar-refractivity contribution in [3.05, 3.63) is 11.1 Å². The predicted molar refractivity (Wildman–Crippen MR) is 67.8 cm³/mol. The number of carbonyl (C=O) groups is 2. The van der Waals surface area contributed by atoms with Crippen molar-refractivity contribution in [3.8, 4) is 0 Å². The largest absolute Gasteiger partial charge is 0.481 e. The highest BCUT2D eigenvalue weighted by atomic mass is 32.1. The molecule has 0 fully saturated rings. The van der Waals surface area contributed by atoms with Crippen LogP contribution in [0.25, 0.3) is 0 Å². The molecule has 0 aliphatic carbocycles. The van der Waals surface area contributed by atoms with Crippen molar-refractivity contribution in [2.45, 2.75) is 32.3 Å². The molecule has 2 N–H and O–H groups in total. The zero-order valence-electron chi connectivity index (χ0n) is 10.3. The lowest BCUT2D eigenvalue weighted by molar-refractivity contribution is -0.136. The summed E-state index contributed by atoms with van der Waals surface area (Å²) in [5, 5.41) is 13.3. The van der Waals surface area contributed by atoms with E-state index < -0.39 is 5.97 Å². The summed E-state index contributed by atoms with van der Waals surface area (Å²) in [6.45, 7) is 1.89. The number of anilines is 1. The molecular weight excluding hydrogens is 256 g/mol. The number of thiazole rings is 1. The molecule has 1 aromatic heterocycles. The maximum absolute atomic E-state index is 11.5. The fraction of sp³-hybridized carbons (Fsp3) is 0.545. The van der Waals surface area contributed by atoms with E-state index in [-0.39, 0.29) is 18.4 Å². The molecule has 100 valence electrons. The number of rotatable bonds is 7. The molecule has 1 aromatic rings. The number of carbonyl (C=O) groups excluding carboxylic acids is 1. The molecule has 7 heteroatoms. The SMILES string of the molecule is COC(C)CCC(=O)Nc1nc(CC(=O)O)cs1. The normalized spacial score (nSPS) is 12.1. The van der Waals surface area contributed by atoms with Gasteiger partial charge in [0, 0.05) is 18.9 Å². The highest BCUT2D eigenvalue weighted by Crippen LogP contribution is 2.16. The number of nitrogens with one attached hydrogen (secondary N) is 1. The minimum absolute atomic E-state index is 0.0367. The van der Waals surface area contributed by atoms with Crippen LogP contribution in [-0.2, 0) is 20.7 Å². The van der Waals surface area contributed by atoms with E-state index in [2.05, 4.69) is 10.3 Å². The number of hydrogen-bond donors (Lipinski definition) is 2. The van der Waals surface area contributed by atoms with Crippen LogP contribution in [-0.4, -0.2) is 35.2 Å². The first-order chi connectivity index (χ1) is 8.51. The molecule has 1 heterocycles. The molecule has 0 bridgehead atoms. The van der Waals surface area contributed by atoms with Gasteiger partial charge in [-0.1, -0.05) is 0 Å². The number of hydrogen-bond acceptors (Lipinski definition) is 5. The third kappa shape index (κ3) is 5.24. The van der Waals surface area contributed by atoms with Gasteiger partial charge in [-0.15, -0.1) is 11.3 Å². The summed E-state index contributed by atoms with van der Waals surface area (Å²) < 4.78 is 5.04. The molecular formula is C11H16N2O4S. The van der Waals surface area contributed by atoms with E-state index >= 15 is 0 Å². The van der Waals surface area contributed by atoms with Crippen molar-refractivity contribution in [1.82, 2.24) is 4.98 Å². The van der Waals surface area contributed by atoms with Crippen LogP contribution in [0.5, 0.6) is 0 Å². The van der Waals surface area contributed by atoms with Crippen LogP contribution >= 0.6 is 11.3 Å². The first kappa shape index (κ1) is 14.6. The van der Waals surface area contributed by atoms with Gasteiger partial charge in [0.1, 0.15) is 0 Å². The summed E-state index contributed by atoms with van der Waals surface area (Å²) in [5.41, 5.74) is 0.452. The number of nitrogens with zero attached hydrogens (tertiary/aromatic N) is 1. The fourth-order valence-corrected chi connectivity index (χ4v) is 1.96. The van der Waals surface area contributed by atoms with Crippen LogP contribution in [0, 0.1) is 0 Å². The number of carboxylic acid groups (broad SMARTS) is 1. The van der Waals surface area contributed by atoms with E-state index in [0.717, 1.165) is 0 Å². The number of ether oxygens (including phenoxy) is 1. The molecule has 1 amide bonds. The lowest BCUT2D eigenvalue weighted by atomic mass is 10.2. The molecule has 0 saturated heterocycles. The molecule has 0 aliphatic heterocycles. The van der Waals surface area contributed by atoms with Crippen molar-refractivity contribution in [2.75, 3.05) is 12.4 Å². The Labute approximate surface area is 109 Å². The van der Waals surface area contributed by atoms with Gasteiger partial charge in [-0.3, -0.25) is 9.59 Å². The summed E-state index contributed by atoms with van der Waals surface area (Å²) in [5.74, 6) is -1.08. The van der Waals surface area contributed by atoms with Gasteiger partial charge in [-0.25, -0.2) is 4.98 Å². The number of amides is 1. The Morgan fingerprint density at radius 3 is 2.94 bits per heavy atom. The quantitative estimate of drug-likeness (QED) is 0.785. The Hall–Kier alpha value is -1.47. The Bertz CT molecular complexity index is 419. The third-order valence-corrected chi connectivity index (χ3v) is 3.12. The summed E-state index contributed by atoms with van der Waals surface area (Å²) >= 11 is 1.22. The highest BCUT2D eigenvalue weighted by Gasteiger charge is 2.10. The van der Waals surface area contributed by atoms with E-state index in [0.29, 0.717) is 23.7 Å². The first-order valence-electron chi connectivity index (χ1n) is 5.50. The lowest BCUT2D eigenvalue weighted by Crippen LogP contribution is -2.15. The first-order valence-corrected chi connectivity index (χ1v) is 6.38. The minimum Gasteiger partial charge on any atom is -0.481 e. The van der Waals surface area contributed by atoms with E-state index in [1.165, 1.54) is 11.3 Å². The standard InChI is InChI=1S/C11H16N2O4S/c1-7(17-2)3-4-9(14)13-11-12-8(6-18-11)5-10(15)16/h6-7H,3-5H2,1-2H3,(H,15,16)(H,12,13,14). The van der Waals surface area contributed by atoms with Crippen LogP contribution in [0.2, 0.25) is 0 Å². The number of carboxylic acids is 1. The molecule has 6 nitrogen and oxygen atoms in total. The molecule has 0 saturated carbocycles. The Balaban J connectivity index is 2.40. The van der Waals surface area contributed by atoms with Gasteiger partial charge < -0.3 is 15.2 Å². The average molecular weight is 272 g/mol. The van der Waals surface area contributed by atoms with E-state index in [1.807, 2.05) is 6.92 Å². The van der Waals surface area contributed by atoms with Crippen molar-refractivity contribution in [2.24, 2.45) is 0 Å². The van der Waals surface area contributed by atoms with Crippen LogP contribution in [0.15, 0.2) is 5.38 Å². The lowest BCUT2D eigenvalue weighted by Gasteiger charge is -2.07. The van der Waals surface area contributed by atoms with Crippen LogP contribution in [0.4, 0.5) is 5.13 Å². The molecule has 18 heavy (non-hydrogen) atoms. The molecule has 0 aromatic carbocycles.